The van der Waals surface area contributed by atoms with Gasteiger partial charge in [-0.25, -0.2) is 4.98 Å². The van der Waals surface area contributed by atoms with Crippen molar-refractivity contribution in [2.45, 2.75) is 51.6 Å². The lowest BCUT2D eigenvalue weighted by Gasteiger charge is -2.30. The zero-order valence-corrected chi connectivity index (χ0v) is 17.7. The molecule has 0 atom stereocenters. The van der Waals surface area contributed by atoms with Crippen LogP contribution in [0.15, 0.2) is 54.6 Å². The number of para-hydroxylation sites is 2. The van der Waals surface area contributed by atoms with E-state index in [1.54, 1.807) is 0 Å². The number of ether oxygens (including phenoxy) is 1. The van der Waals surface area contributed by atoms with Crippen molar-refractivity contribution in [3.8, 4) is 5.75 Å². The first-order valence-electron chi connectivity index (χ1n) is 10.7. The molecular weight excluding hydrogens is 374 g/mol. The number of carbonyl (C=O) groups excluding carboxylic acids is 1. The molecule has 5 nitrogen and oxygen atoms in total. The second-order valence-electron chi connectivity index (χ2n) is 8.16. The van der Waals surface area contributed by atoms with Crippen LogP contribution < -0.4 is 15.4 Å². The number of hydrogen-bond donors (Lipinski definition) is 2. The van der Waals surface area contributed by atoms with Crippen LogP contribution in [0.4, 0.5) is 5.82 Å². The molecule has 30 heavy (non-hydrogen) atoms. The first kappa shape index (κ1) is 20.2. The molecule has 1 amide bonds. The average Bonchev–Trinajstić information content (AvgIpc) is 2.75. The Morgan fingerprint density at radius 2 is 1.67 bits per heavy atom. The van der Waals surface area contributed by atoms with Crippen molar-refractivity contribution in [2.75, 3.05) is 11.9 Å². The van der Waals surface area contributed by atoms with E-state index in [0.29, 0.717) is 6.04 Å². The van der Waals surface area contributed by atoms with Crippen molar-refractivity contribution in [3.05, 3.63) is 65.7 Å². The topological polar surface area (TPSA) is 63.2 Å². The fourth-order valence-corrected chi connectivity index (χ4v) is 4.15. The Hall–Kier alpha value is -3.08. The SMILES string of the molecule is Cc1ccccc1OCC(=O)N[C@H]1CC[C@@H](Nc2cc(C)c3ccccc3n2)CC1. The summed E-state index contributed by atoms with van der Waals surface area (Å²) in [6.07, 6.45) is 3.94. The fourth-order valence-electron chi connectivity index (χ4n) is 4.15. The largest absolute Gasteiger partial charge is 0.484 e. The highest BCUT2D eigenvalue weighted by Gasteiger charge is 2.23. The maximum Gasteiger partial charge on any atom is 0.258 e. The molecule has 1 heterocycles. The number of aromatic nitrogens is 1. The predicted molar refractivity (Wildman–Crippen MR) is 121 cm³/mol. The highest BCUT2D eigenvalue weighted by Crippen LogP contribution is 2.25. The number of nitrogens with one attached hydrogen (secondary N) is 2. The van der Waals surface area contributed by atoms with Crippen molar-refractivity contribution in [1.82, 2.24) is 10.3 Å². The molecule has 2 aromatic carbocycles. The monoisotopic (exact) mass is 403 g/mol. The number of benzene rings is 2. The van der Waals surface area contributed by atoms with E-state index in [1.807, 2.05) is 43.3 Å². The Labute approximate surface area is 177 Å². The Morgan fingerprint density at radius 3 is 2.47 bits per heavy atom. The van der Waals surface area contributed by atoms with Crippen LogP contribution in [-0.4, -0.2) is 29.6 Å². The van der Waals surface area contributed by atoms with E-state index in [4.69, 9.17) is 9.72 Å². The van der Waals surface area contributed by atoms with Gasteiger partial charge in [0, 0.05) is 17.5 Å². The summed E-state index contributed by atoms with van der Waals surface area (Å²) in [6.45, 7) is 4.16. The van der Waals surface area contributed by atoms with Gasteiger partial charge in [-0.15, -0.1) is 0 Å². The second-order valence-corrected chi connectivity index (χ2v) is 8.16. The van der Waals surface area contributed by atoms with Crippen molar-refractivity contribution >= 4 is 22.6 Å². The summed E-state index contributed by atoms with van der Waals surface area (Å²) in [5, 5.41) is 7.91. The summed E-state index contributed by atoms with van der Waals surface area (Å²) in [4.78, 5) is 17.0. The minimum absolute atomic E-state index is 0.0542. The second kappa shape index (κ2) is 9.16. The zero-order valence-electron chi connectivity index (χ0n) is 17.7. The van der Waals surface area contributed by atoms with Crippen molar-refractivity contribution in [1.29, 1.82) is 0 Å². The summed E-state index contributed by atoms with van der Waals surface area (Å²) in [6, 6.07) is 18.7. The van der Waals surface area contributed by atoms with E-state index in [9.17, 15) is 4.79 Å². The van der Waals surface area contributed by atoms with Crippen LogP contribution in [0.1, 0.15) is 36.8 Å². The number of amides is 1. The van der Waals surface area contributed by atoms with Crippen LogP contribution in [0.3, 0.4) is 0 Å². The van der Waals surface area contributed by atoms with Crippen molar-refractivity contribution < 1.29 is 9.53 Å². The third-order valence-corrected chi connectivity index (χ3v) is 5.82. The lowest BCUT2D eigenvalue weighted by atomic mass is 9.91. The third-order valence-electron chi connectivity index (χ3n) is 5.82. The predicted octanol–water partition coefficient (Wildman–Crippen LogP) is 4.77. The number of carbonyl (C=O) groups is 1. The molecule has 1 aliphatic rings. The van der Waals surface area contributed by atoms with Gasteiger partial charge in [0.2, 0.25) is 0 Å². The van der Waals surface area contributed by atoms with Gasteiger partial charge in [-0.3, -0.25) is 4.79 Å². The molecule has 156 valence electrons. The molecule has 1 saturated carbocycles. The van der Waals surface area contributed by atoms with Crippen LogP contribution in [-0.2, 0) is 4.79 Å². The van der Waals surface area contributed by atoms with Crippen LogP contribution in [0.5, 0.6) is 5.75 Å². The van der Waals surface area contributed by atoms with Gasteiger partial charge in [-0.05, 0) is 68.9 Å². The molecular formula is C25H29N3O2. The lowest BCUT2D eigenvalue weighted by molar-refractivity contribution is -0.124. The lowest BCUT2D eigenvalue weighted by Crippen LogP contribution is -2.42. The molecule has 1 aliphatic carbocycles. The summed E-state index contributed by atoms with van der Waals surface area (Å²) in [7, 11) is 0. The summed E-state index contributed by atoms with van der Waals surface area (Å²) in [5.41, 5.74) is 3.29. The summed E-state index contributed by atoms with van der Waals surface area (Å²) >= 11 is 0. The van der Waals surface area contributed by atoms with Gasteiger partial charge in [0.05, 0.1) is 5.52 Å². The number of anilines is 1. The number of pyridine rings is 1. The Bertz CT molecular complexity index is 1030. The average molecular weight is 404 g/mol. The Balaban J connectivity index is 1.25. The number of nitrogens with zero attached hydrogens (tertiary/aromatic N) is 1. The highest BCUT2D eigenvalue weighted by molar-refractivity contribution is 5.83. The molecule has 1 aromatic heterocycles. The number of hydrogen-bond acceptors (Lipinski definition) is 4. The molecule has 1 fully saturated rings. The van der Waals surface area contributed by atoms with Crippen LogP contribution in [0.25, 0.3) is 10.9 Å². The van der Waals surface area contributed by atoms with Gasteiger partial charge in [0.1, 0.15) is 11.6 Å². The molecule has 0 radical (unpaired) electrons. The molecule has 5 heteroatoms. The molecule has 3 aromatic rings. The Kier molecular flexibility index (Phi) is 6.17. The fraction of sp³-hybridized carbons (Fsp3) is 0.360. The normalized spacial score (nSPS) is 18.7. The van der Waals surface area contributed by atoms with Gasteiger partial charge in [-0.1, -0.05) is 36.4 Å². The first-order valence-corrected chi connectivity index (χ1v) is 10.7. The van der Waals surface area contributed by atoms with E-state index in [1.165, 1.54) is 10.9 Å². The third kappa shape index (κ3) is 4.90. The van der Waals surface area contributed by atoms with Gasteiger partial charge in [-0.2, -0.15) is 0 Å². The van der Waals surface area contributed by atoms with Gasteiger partial charge in [0.25, 0.3) is 5.91 Å². The van der Waals surface area contributed by atoms with Crippen LogP contribution in [0, 0.1) is 13.8 Å². The van der Waals surface area contributed by atoms with Gasteiger partial charge >= 0.3 is 0 Å². The smallest absolute Gasteiger partial charge is 0.258 e. The van der Waals surface area contributed by atoms with E-state index >= 15 is 0 Å². The minimum Gasteiger partial charge on any atom is -0.484 e. The molecule has 0 aliphatic heterocycles. The summed E-state index contributed by atoms with van der Waals surface area (Å²) in [5.74, 6) is 1.64. The molecule has 2 N–H and O–H groups in total. The minimum atomic E-state index is -0.0542. The van der Waals surface area contributed by atoms with E-state index in [0.717, 1.165) is 48.3 Å². The maximum absolute atomic E-state index is 12.3. The van der Waals surface area contributed by atoms with Crippen LogP contribution >= 0.6 is 0 Å². The van der Waals surface area contributed by atoms with E-state index < -0.39 is 0 Å². The van der Waals surface area contributed by atoms with E-state index in [-0.39, 0.29) is 18.6 Å². The van der Waals surface area contributed by atoms with Gasteiger partial charge in [0.15, 0.2) is 6.61 Å². The van der Waals surface area contributed by atoms with Crippen LogP contribution in [0.2, 0.25) is 0 Å². The maximum atomic E-state index is 12.3. The van der Waals surface area contributed by atoms with Crippen molar-refractivity contribution in [3.63, 3.8) is 0 Å². The highest BCUT2D eigenvalue weighted by atomic mass is 16.5. The standard InChI is InChI=1S/C25H29N3O2/c1-17-7-3-6-10-23(17)30-16-25(29)27-20-13-11-19(12-14-20)26-24-15-18(2)21-8-4-5-9-22(21)28-24/h3-10,15,19-20H,11-14,16H2,1-2H3,(H,26,28)(H,27,29)/t19-,20+. The molecule has 0 saturated heterocycles. The van der Waals surface area contributed by atoms with E-state index in [2.05, 4.69) is 35.8 Å². The van der Waals surface area contributed by atoms with Gasteiger partial charge < -0.3 is 15.4 Å². The number of aryl methyl sites for hydroxylation is 2. The molecule has 4 rings (SSSR count). The molecule has 0 bridgehead atoms. The van der Waals surface area contributed by atoms with Crippen molar-refractivity contribution in [2.24, 2.45) is 0 Å². The zero-order chi connectivity index (χ0) is 20.9. The first-order chi connectivity index (χ1) is 14.6. The summed E-state index contributed by atoms with van der Waals surface area (Å²) < 4.78 is 5.65. The number of fused-ring (bicyclic) bond motifs is 1. The molecule has 0 unspecified atom stereocenters. The molecule has 0 spiro atoms. The number of rotatable bonds is 6. The quantitative estimate of drug-likeness (QED) is 0.622. The Morgan fingerprint density at radius 1 is 0.967 bits per heavy atom.